The molecule has 0 unspecified atom stereocenters. The van der Waals surface area contributed by atoms with Crippen molar-refractivity contribution in [1.82, 2.24) is 29.7 Å². The topological polar surface area (TPSA) is 90.6 Å². The zero-order valence-corrected chi connectivity index (χ0v) is 16.0. The Labute approximate surface area is 162 Å². The Hall–Kier alpha value is -3.39. The molecule has 0 radical (unpaired) electrons. The molecule has 28 heavy (non-hydrogen) atoms. The summed E-state index contributed by atoms with van der Waals surface area (Å²) in [6.45, 7) is 2.39. The van der Waals surface area contributed by atoms with Crippen molar-refractivity contribution in [2.45, 2.75) is 13.0 Å². The minimum absolute atomic E-state index is 0.166. The smallest absolute Gasteiger partial charge is 0.182 e. The van der Waals surface area contributed by atoms with E-state index in [1.54, 1.807) is 24.2 Å². The predicted molar refractivity (Wildman–Crippen MR) is 107 cm³/mol. The second-order valence-corrected chi connectivity index (χ2v) is 6.43. The van der Waals surface area contributed by atoms with Gasteiger partial charge in [-0.3, -0.25) is 14.6 Å². The van der Waals surface area contributed by atoms with Crippen molar-refractivity contribution in [1.29, 1.82) is 0 Å². The average molecular weight is 375 g/mol. The molecule has 0 bridgehead atoms. The lowest BCUT2D eigenvalue weighted by atomic mass is 10.2. The summed E-state index contributed by atoms with van der Waals surface area (Å²) in [6.07, 6.45) is 3.50. The highest BCUT2D eigenvalue weighted by molar-refractivity contribution is 5.90. The first-order valence-electron chi connectivity index (χ1n) is 8.96. The molecule has 1 atom stereocenters. The largest absolute Gasteiger partial charge is 0.382 e. The number of hydrogen-bond donors (Lipinski definition) is 1. The number of ether oxygens (including phenoxy) is 1. The third-order valence-electron chi connectivity index (χ3n) is 4.44. The van der Waals surface area contributed by atoms with Gasteiger partial charge in [0, 0.05) is 26.6 Å². The standard InChI is InChI=1S/C20H21N7O/c1-13-17-19(23-16(12-28-3)14-8-4-6-10-21-14)24-18(15-9-5-7-11-22-15)25-20(17)27(2)26-13/h4-11,16H,12H2,1-3H3,(H,23,24,25)/t16-/m1/s1. The first-order chi connectivity index (χ1) is 13.7. The van der Waals surface area contributed by atoms with Crippen LogP contribution in [0.25, 0.3) is 22.6 Å². The molecule has 0 amide bonds. The number of methoxy groups -OCH3 is 1. The van der Waals surface area contributed by atoms with Gasteiger partial charge in [0.05, 0.1) is 29.4 Å². The molecule has 0 saturated heterocycles. The van der Waals surface area contributed by atoms with E-state index in [0.717, 1.165) is 22.4 Å². The summed E-state index contributed by atoms with van der Waals surface area (Å²) >= 11 is 0. The van der Waals surface area contributed by atoms with Gasteiger partial charge in [-0.05, 0) is 31.2 Å². The lowest BCUT2D eigenvalue weighted by Gasteiger charge is -2.19. The maximum absolute atomic E-state index is 5.41. The van der Waals surface area contributed by atoms with Gasteiger partial charge in [0.2, 0.25) is 0 Å². The van der Waals surface area contributed by atoms with Crippen LogP contribution in [0.3, 0.4) is 0 Å². The molecule has 0 spiro atoms. The second-order valence-electron chi connectivity index (χ2n) is 6.43. The summed E-state index contributed by atoms with van der Waals surface area (Å²) in [5, 5.41) is 8.88. The molecule has 4 aromatic heterocycles. The molecule has 4 rings (SSSR count). The van der Waals surface area contributed by atoms with Gasteiger partial charge in [0.1, 0.15) is 11.5 Å². The molecule has 1 N–H and O–H groups in total. The van der Waals surface area contributed by atoms with E-state index in [2.05, 4.69) is 20.4 Å². The molecule has 8 heteroatoms. The number of hydrogen-bond acceptors (Lipinski definition) is 7. The number of pyridine rings is 2. The molecule has 8 nitrogen and oxygen atoms in total. The minimum atomic E-state index is -0.166. The summed E-state index contributed by atoms with van der Waals surface area (Å²) in [7, 11) is 3.54. The van der Waals surface area contributed by atoms with Gasteiger partial charge in [-0.1, -0.05) is 12.1 Å². The van der Waals surface area contributed by atoms with Crippen molar-refractivity contribution in [3.05, 3.63) is 60.2 Å². The van der Waals surface area contributed by atoms with Gasteiger partial charge < -0.3 is 10.1 Å². The van der Waals surface area contributed by atoms with Crippen molar-refractivity contribution in [3.63, 3.8) is 0 Å². The molecule has 4 aromatic rings. The summed E-state index contributed by atoms with van der Waals surface area (Å²) in [4.78, 5) is 18.3. The quantitative estimate of drug-likeness (QED) is 0.554. The van der Waals surface area contributed by atoms with Gasteiger partial charge in [-0.25, -0.2) is 9.97 Å². The maximum atomic E-state index is 5.41. The third-order valence-corrected chi connectivity index (χ3v) is 4.44. The van der Waals surface area contributed by atoms with Crippen LogP contribution in [0.15, 0.2) is 48.8 Å². The SMILES string of the molecule is COC[C@@H](Nc1nc(-c2ccccn2)nc2c1c(C)nn2C)c1ccccn1. The van der Waals surface area contributed by atoms with E-state index < -0.39 is 0 Å². The van der Waals surface area contributed by atoms with E-state index >= 15 is 0 Å². The minimum Gasteiger partial charge on any atom is -0.382 e. The van der Waals surface area contributed by atoms with Crippen molar-refractivity contribution in [2.75, 3.05) is 19.0 Å². The lowest BCUT2D eigenvalue weighted by Crippen LogP contribution is -2.19. The number of fused-ring (bicyclic) bond motifs is 1. The number of rotatable bonds is 6. The van der Waals surface area contributed by atoms with Crippen LogP contribution in [0.2, 0.25) is 0 Å². The summed E-state index contributed by atoms with van der Waals surface area (Å²) in [5.41, 5.74) is 3.17. The molecule has 0 aliphatic rings. The number of nitrogens with zero attached hydrogens (tertiary/aromatic N) is 6. The van der Waals surface area contributed by atoms with Gasteiger partial charge in [0.15, 0.2) is 11.5 Å². The number of anilines is 1. The Kier molecular flexibility index (Phi) is 4.94. The Balaban J connectivity index is 1.84. The molecular formula is C20H21N7O. The molecule has 0 fully saturated rings. The highest BCUT2D eigenvalue weighted by Gasteiger charge is 2.20. The average Bonchev–Trinajstić information content (AvgIpc) is 3.03. The van der Waals surface area contributed by atoms with Crippen molar-refractivity contribution < 1.29 is 4.74 Å². The van der Waals surface area contributed by atoms with Crippen molar-refractivity contribution in [2.24, 2.45) is 7.05 Å². The number of nitrogens with one attached hydrogen (secondary N) is 1. The Morgan fingerprint density at radius 3 is 2.54 bits per heavy atom. The summed E-state index contributed by atoms with van der Waals surface area (Å²) in [6, 6.07) is 11.3. The van der Waals surface area contributed by atoms with E-state index in [1.807, 2.05) is 50.4 Å². The molecule has 0 aliphatic carbocycles. The Morgan fingerprint density at radius 1 is 1.07 bits per heavy atom. The van der Waals surface area contributed by atoms with Crippen molar-refractivity contribution in [3.8, 4) is 11.5 Å². The monoisotopic (exact) mass is 375 g/mol. The van der Waals surface area contributed by atoms with Crippen LogP contribution in [-0.2, 0) is 11.8 Å². The van der Waals surface area contributed by atoms with E-state index in [9.17, 15) is 0 Å². The predicted octanol–water partition coefficient (Wildman–Crippen LogP) is 2.93. The third kappa shape index (κ3) is 3.41. The van der Waals surface area contributed by atoms with Crippen LogP contribution in [0.4, 0.5) is 5.82 Å². The Bertz CT molecular complexity index is 1080. The summed E-state index contributed by atoms with van der Waals surface area (Å²) in [5.74, 6) is 1.22. The highest BCUT2D eigenvalue weighted by atomic mass is 16.5. The van der Waals surface area contributed by atoms with Crippen LogP contribution >= 0.6 is 0 Å². The normalized spacial score (nSPS) is 12.2. The molecule has 0 saturated carbocycles. The second kappa shape index (κ2) is 7.69. The fourth-order valence-electron chi connectivity index (χ4n) is 3.17. The number of aryl methyl sites for hydroxylation is 2. The van der Waals surface area contributed by atoms with Crippen LogP contribution in [0, 0.1) is 6.92 Å². The fourth-order valence-corrected chi connectivity index (χ4v) is 3.17. The van der Waals surface area contributed by atoms with E-state index in [4.69, 9.17) is 14.7 Å². The van der Waals surface area contributed by atoms with Crippen LogP contribution in [0.5, 0.6) is 0 Å². The van der Waals surface area contributed by atoms with Gasteiger partial charge in [-0.2, -0.15) is 5.10 Å². The van der Waals surface area contributed by atoms with Crippen LogP contribution in [0.1, 0.15) is 17.4 Å². The lowest BCUT2D eigenvalue weighted by molar-refractivity contribution is 0.185. The number of aromatic nitrogens is 6. The molecule has 4 heterocycles. The van der Waals surface area contributed by atoms with Crippen molar-refractivity contribution >= 4 is 16.9 Å². The zero-order chi connectivity index (χ0) is 19.5. The Morgan fingerprint density at radius 2 is 1.86 bits per heavy atom. The van der Waals surface area contributed by atoms with Gasteiger partial charge in [-0.15, -0.1) is 0 Å². The van der Waals surface area contributed by atoms with E-state index in [0.29, 0.717) is 23.9 Å². The first-order valence-corrected chi connectivity index (χ1v) is 8.96. The summed E-state index contributed by atoms with van der Waals surface area (Å²) < 4.78 is 7.17. The van der Waals surface area contributed by atoms with Crippen LogP contribution < -0.4 is 5.32 Å². The van der Waals surface area contributed by atoms with Gasteiger partial charge >= 0.3 is 0 Å². The molecule has 142 valence electrons. The fraction of sp³-hybridized carbons (Fsp3) is 0.250. The molecule has 0 aromatic carbocycles. The highest BCUT2D eigenvalue weighted by Crippen LogP contribution is 2.29. The molecule has 0 aliphatic heterocycles. The first kappa shape index (κ1) is 18.0. The van der Waals surface area contributed by atoms with E-state index in [1.165, 1.54) is 0 Å². The molecular weight excluding hydrogens is 354 g/mol. The maximum Gasteiger partial charge on any atom is 0.182 e. The van der Waals surface area contributed by atoms with E-state index in [-0.39, 0.29) is 6.04 Å². The van der Waals surface area contributed by atoms with Gasteiger partial charge in [0.25, 0.3) is 0 Å². The zero-order valence-electron chi connectivity index (χ0n) is 16.0. The van der Waals surface area contributed by atoms with Crippen LogP contribution in [-0.4, -0.2) is 43.4 Å².